The molecule has 20 heavy (non-hydrogen) atoms. The molecule has 0 amide bonds. The number of anilines is 2. The molecule has 0 spiro atoms. The highest BCUT2D eigenvalue weighted by Crippen LogP contribution is 2.29. The van der Waals surface area contributed by atoms with Crippen molar-refractivity contribution in [3.05, 3.63) is 11.4 Å². The van der Waals surface area contributed by atoms with Crippen LogP contribution in [0.2, 0.25) is 0 Å². The van der Waals surface area contributed by atoms with Crippen molar-refractivity contribution < 1.29 is 8.42 Å². The Morgan fingerprint density at radius 3 is 2.45 bits per heavy atom. The number of sulfone groups is 1. The fourth-order valence-electron chi connectivity index (χ4n) is 2.48. The molecule has 1 aromatic rings. The molecule has 1 fully saturated rings. The lowest BCUT2D eigenvalue weighted by Crippen LogP contribution is -2.36. The molecule has 2 rings (SSSR count). The zero-order chi connectivity index (χ0) is 15.0. The standard InChI is InChI=1S/C13H22N4O2S/c1-5-10-15-11(14-4)9(2)12(16-10)17-13(3)6-7-20(18,19)8-13/h5-8H2,1-4H3,(H2,14,15,16,17). The van der Waals surface area contributed by atoms with Gasteiger partial charge in [0.1, 0.15) is 17.5 Å². The minimum Gasteiger partial charge on any atom is -0.373 e. The summed E-state index contributed by atoms with van der Waals surface area (Å²) in [5.41, 5.74) is 0.462. The van der Waals surface area contributed by atoms with Gasteiger partial charge >= 0.3 is 0 Å². The first-order valence-electron chi connectivity index (χ1n) is 6.82. The van der Waals surface area contributed by atoms with Crippen molar-refractivity contribution in [2.45, 2.75) is 39.2 Å². The molecule has 0 aliphatic carbocycles. The number of aryl methyl sites for hydroxylation is 1. The van der Waals surface area contributed by atoms with Crippen LogP contribution in [0.1, 0.15) is 31.7 Å². The van der Waals surface area contributed by atoms with Crippen molar-refractivity contribution in [2.75, 3.05) is 29.2 Å². The molecule has 7 heteroatoms. The number of hydrogen-bond acceptors (Lipinski definition) is 6. The van der Waals surface area contributed by atoms with Crippen LogP contribution in [-0.2, 0) is 16.3 Å². The van der Waals surface area contributed by atoms with E-state index in [0.29, 0.717) is 6.42 Å². The highest BCUT2D eigenvalue weighted by molar-refractivity contribution is 7.91. The molecule has 0 aromatic carbocycles. The predicted octanol–water partition coefficient (Wildman–Crippen LogP) is 1.38. The van der Waals surface area contributed by atoms with Gasteiger partial charge in [0.05, 0.1) is 17.0 Å². The summed E-state index contributed by atoms with van der Waals surface area (Å²) in [7, 11) is -1.12. The Morgan fingerprint density at radius 1 is 1.30 bits per heavy atom. The Morgan fingerprint density at radius 2 is 1.95 bits per heavy atom. The maximum absolute atomic E-state index is 11.7. The van der Waals surface area contributed by atoms with Crippen LogP contribution in [0.25, 0.3) is 0 Å². The van der Waals surface area contributed by atoms with E-state index in [1.807, 2.05) is 27.8 Å². The van der Waals surface area contributed by atoms with E-state index in [2.05, 4.69) is 20.6 Å². The zero-order valence-electron chi connectivity index (χ0n) is 12.4. The summed E-state index contributed by atoms with van der Waals surface area (Å²) >= 11 is 0. The van der Waals surface area contributed by atoms with Gasteiger partial charge < -0.3 is 10.6 Å². The summed E-state index contributed by atoms with van der Waals surface area (Å²) in [5, 5.41) is 6.37. The SMILES string of the molecule is CCc1nc(NC)c(C)c(NC2(C)CCS(=O)(=O)C2)n1. The Hall–Kier alpha value is -1.37. The van der Waals surface area contributed by atoms with Crippen LogP contribution in [0, 0.1) is 6.92 Å². The fourth-order valence-corrected chi connectivity index (χ4v) is 4.57. The molecule has 0 saturated carbocycles. The monoisotopic (exact) mass is 298 g/mol. The molecule has 1 unspecified atom stereocenters. The number of nitrogens with one attached hydrogen (secondary N) is 2. The van der Waals surface area contributed by atoms with Gasteiger partial charge in [-0.15, -0.1) is 0 Å². The number of hydrogen-bond donors (Lipinski definition) is 2. The molecule has 1 aliphatic rings. The topological polar surface area (TPSA) is 84.0 Å². The summed E-state index contributed by atoms with van der Waals surface area (Å²) in [6.45, 7) is 5.86. The highest BCUT2D eigenvalue weighted by Gasteiger charge is 2.39. The largest absolute Gasteiger partial charge is 0.373 e. The van der Waals surface area contributed by atoms with Crippen LogP contribution in [0.3, 0.4) is 0 Å². The van der Waals surface area contributed by atoms with Gasteiger partial charge in [0.2, 0.25) is 0 Å². The smallest absolute Gasteiger partial charge is 0.152 e. The van der Waals surface area contributed by atoms with Crippen LogP contribution in [0.5, 0.6) is 0 Å². The zero-order valence-corrected chi connectivity index (χ0v) is 13.3. The maximum atomic E-state index is 11.7. The molecule has 2 N–H and O–H groups in total. The molecular formula is C13H22N4O2S. The number of aromatic nitrogens is 2. The van der Waals surface area contributed by atoms with E-state index in [-0.39, 0.29) is 11.5 Å². The summed E-state index contributed by atoms with van der Waals surface area (Å²) in [4.78, 5) is 8.91. The minimum atomic E-state index is -2.94. The molecule has 2 heterocycles. The van der Waals surface area contributed by atoms with Crippen LogP contribution in [0.15, 0.2) is 0 Å². The van der Waals surface area contributed by atoms with Gasteiger partial charge in [-0.3, -0.25) is 0 Å². The van der Waals surface area contributed by atoms with Gasteiger partial charge in [0.25, 0.3) is 0 Å². The molecule has 1 aromatic heterocycles. The van der Waals surface area contributed by atoms with Crippen molar-refractivity contribution in [2.24, 2.45) is 0 Å². The average molecular weight is 298 g/mol. The molecule has 1 aliphatic heterocycles. The van der Waals surface area contributed by atoms with Gasteiger partial charge in [-0.25, -0.2) is 18.4 Å². The van der Waals surface area contributed by atoms with Crippen LogP contribution in [-0.4, -0.2) is 42.5 Å². The first-order chi connectivity index (χ1) is 9.28. The summed E-state index contributed by atoms with van der Waals surface area (Å²) in [5.74, 6) is 2.64. The van der Waals surface area contributed by atoms with Crippen molar-refractivity contribution in [1.29, 1.82) is 0 Å². The normalized spacial score (nSPS) is 24.6. The summed E-state index contributed by atoms with van der Waals surface area (Å²) in [6.07, 6.45) is 1.34. The van der Waals surface area contributed by atoms with E-state index in [9.17, 15) is 8.42 Å². The van der Waals surface area contributed by atoms with Gasteiger partial charge in [-0.2, -0.15) is 0 Å². The Labute approximate surface area is 120 Å². The second-order valence-corrected chi connectivity index (χ2v) is 7.78. The van der Waals surface area contributed by atoms with E-state index in [1.165, 1.54) is 0 Å². The van der Waals surface area contributed by atoms with Gasteiger partial charge in [-0.1, -0.05) is 6.92 Å². The fraction of sp³-hybridized carbons (Fsp3) is 0.692. The molecule has 1 atom stereocenters. The number of nitrogens with zero attached hydrogens (tertiary/aromatic N) is 2. The van der Waals surface area contributed by atoms with Crippen molar-refractivity contribution in [3.63, 3.8) is 0 Å². The Balaban J connectivity index is 2.34. The third-order valence-electron chi connectivity index (χ3n) is 3.67. The van der Waals surface area contributed by atoms with Crippen molar-refractivity contribution in [3.8, 4) is 0 Å². The van der Waals surface area contributed by atoms with E-state index in [0.717, 1.165) is 29.4 Å². The maximum Gasteiger partial charge on any atom is 0.152 e. The van der Waals surface area contributed by atoms with E-state index >= 15 is 0 Å². The lowest BCUT2D eigenvalue weighted by Gasteiger charge is -2.26. The molecule has 1 saturated heterocycles. The van der Waals surface area contributed by atoms with E-state index in [4.69, 9.17) is 0 Å². The summed E-state index contributed by atoms with van der Waals surface area (Å²) in [6, 6.07) is 0. The van der Waals surface area contributed by atoms with E-state index in [1.54, 1.807) is 0 Å². The quantitative estimate of drug-likeness (QED) is 0.873. The molecule has 0 radical (unpaired) electrons. The molecular weight excluding hydrogens is 276 g/mol. The first-order valence-corrected chi connectivity index (χ1v) is 8.64. The van der Waals surface area contributed by atoms with Gasteiger partial charge in [0, 0.05) is 19.0 Å². The summed E-state index contributed by atoms with van der Waals surface area (Å²) < 4.78 is 23.4. The molecule has 0 bridgehead atoms. The molecule has 112 valence electrons. The first kappa shape index (κ1) is 15.0. The van der Waals surface area contributed by atoms with Crippen molar-refractivity contribution >= 4 is 21.5 Å². The molecule has 6 nitrogen and oxygen atoms in total. The second kappa shape index (κ2) is 5.20. The van der Waals surface area contributed by atoms with Crippen LogP contribution >= 0.6 is 0 Å². The third-order valence-corrected chi connectivity index (χ3v) is 5.57. The van der Waals surface area contributed by atoms with Crippen LogP contribution < -0.4 is 10.6 Å². The van der Waals surface area contributed by atoms with Gasteiger partial charge in [-0.05, 0) is 20.3 Å². The highest BCUT2D eigenvalue weighted by atomic mass is 32.2. The lowest BCUT2D eigenvalue weighted by atomic mass is 10.0. The van der Waals surface area contributed by atoms with Crippen LogP contribution in [0.4, 0.5) is 11.6 Å². The Bertz CT molecular complexity index is 615. The average Bonchev–Trinajstić information content (AvgIpc) is 2.66. The predicted molar refractivity (Wildman–Crippen MR) is 81.0 cm³/mol. The number of rotatable bonds is 4. The van der Waals surface area contributed by atoms with Crippen molar-refractivity contribution in [1.82, 2.24) is 9.97 Å². The second-order valence-electron chi connectivity index (χ2n) is 5.59. The minimum absolute atomic E-state index is 0.153. The lowest BCUT2D eigenvalue weighted by molar-refractivity contribution is 0.570. The van der Waals surface area contributed by atoms with E-state index < -0.39 is 15.4 Å². The van der Waals surface area contributed by atoms with Gasteiger partial charge in [0.15, 0.2) is 9.84 Å². The third kappa shape index (κ3) is 3.03. The Kier molecular flexibility index (Phi) is 3.90.